The van der Waals surface area contributed by atoms with Gasteiger partial charge in [-0.05, 0) is 44.5 Å². The Bertz CT molecular complexity index is 962. The SMILES string of the molecule is CCn1c(SCCN2CCCC2=O)nnc1[C@@H](C)NS(=O)(=O)c1ccc(Cl)cc1. The van der Waals surface area contributed by atoms with Gasteiger partial charge in [0.15, 0.2) is 11.0 Å². The summed E-state index contributed by atoms with van der Waals surface area (Å²) in [5.41, 5.74) is 0. The Hall–Kier alpha value is -1.62. The molecular formula is C18H24ClN5O3S2. The number of halogens is 1. The van der Waals surface area contributed by atoms with Crippen LogP contribution in [0.4, 0.5) is 0 Å². The number of hydrogen-bond acceptors (Lipinski definition) is 6. The van der Waals surface area contributed by atoms with Gasteiger partial charge in [-0.15, -0.1) is 10.2 Å². The topological polar surface area (TPSA) is 97.2 Å². The van der Waals surface area contributed by atoms with Crippen molar-refractivity contribution in [2.45, 2.75) is 49.3 Å². The highest BCUT2D eigenvalue weighted by atomic mass is 35.5. The summed E-state index contributed by atoms with van der Waals surface area (Å²) in [4.78, 5) is 13.7. The number of nitrogens with zero attached hydrogens (tertiary/aromatic N) is 4. The molecule has 1 aromatic carbocycles. The number of likely N-dealkylation sites (tertiary alicyclic amines) is 1. The molecule has 3 rings (SSSR count). The summed E-state index contributed by atoms with van der Waals surface area (Å²) in [6.07, 6.45) is 1.55. The largest absolute Gasteiger partial charge is 0.342 e. The van der Waals surface area contributed by atoms with Gasteiger partial charge >= 0.3 is 0 Å². The number of sulfonamides is 1. The molecule has 0 radical (unpaired) electrons. The number of rotatable bonds is 9. The molecule has 1 aliphatic heterocycles. The Morgan fingerprint density at radius 2 is 2.00 bits per heavy atom. The zero-order valence-corrected chi connectivity index (χ0v) is 18.7. The van der Waals surface area contributed by atoms with Gasteiger partial charge in [-0.3, -0.25) is 4.79 Å². The van der Waals surface area contributed by atoms with E-state index >= 15 is 0 Å². The van der Waals surface area contributed by atoms with Gasteiger partial charge in [0.2, 0.25) is 15.9 Å². The molecular weight excluding hydrogens is 434 g/mol. The molecule has 1 N–H and O–H groups in total. The molecule has 1 aromatic heterocycles. The third-order valence-corrected chi connectivity index (χ3v) is 7.42. The molecule has 1 saturated heterocycles. The van der Waals surface area contributed by atoms with Gasteiger partial charge in [-0.25, -0.2) is 13.1 Å². The van der Waals surface area contributed by atoms with Crippen LogP contribution in [0.25, 0.3) is 0 Å². The van der Waals surface area contributed by atoms with Gasteiger partial charge in [0.25, 0.3) is 0 Å². The minimum atomic E-state index is -3.72. The van der Waals surface area contributed by atoms with Crippen LogP contribution in [0, 0.1) is 0 Å². The Kier molecular flexibility index (Phi) is 7.20. The maximum Gasteiger partial charge on any atom is 0.241 e. The molecule has 0 saturated carbocycles. The Morgan fingerprint density at radius 3 is 2.62 bits per heavy atom. The molecule has 29 heavy (non-hydrogen) atoms. The maximum absolute atomic E-state index is 12.6. The van der Waals surface area contributed by atoms with Crippen LogP contribution in [0.1, 0.15) is 38.6 Å². The van der Waals surface area contributed by atoms with Crippen LogP contribution in [0.15, 0.2) is 34.3 Å². The first kappa shape index (κ1) is 22.1. The van der Waals surface area contributed by atoms with Crippen molar-refractivity contribution >= 4 is 39.3 Å². The van der Waals surface area contributed by atoms with E-state index in [2.05, 4.69) is 14.9 Å². The van der Waals surface area contributed by atoms with Crippen LogP contribution in [0.3, 0.4) is 0 Å². The van der Waals surface area contributed by atoms with Gasteiger partial charge in [0.1, 0.15) is 0 Å². The van der Waals surface area contributed by atoms with Crippen molar-refractivity contribution < 1.29 is 13.2 Å². The predicted octanol–water partition coefficient (Wildman–Crippen LogP) is 2.71. The number of nitrogens with one attached hydrogen (secondary N) is 1. The molecule has 1 atom stereocenters. The number of thioether (sulfide) groups is 1. The van der Waals surface area contributed by atoms with Crippen molar-refractivity contribution in [3.8, 4) is 0 Å². The number of amides is 1. The highest BCUT2D eigenvalue weighted by molar-refractivity contribution is 7.99. The molecule has 0 aliphatic carbocycles. The minimum absolute atomic E-state index is 0.140. The number of aromatic nitrogens is 3. The summed E-state index contributed by atoms with van der Waals surface area (Å²) in [6, 6.07) is 5.44. The first-order valence-electron chi connectivity index (χ1n) is 9.43. The summed E-state index contributed by atoms with van der Waals surface area (Å²) >= 11 is 7.35. The first-order valence-corrected chi connectivity index (χ1v) is 12.3. The number of carbonyl (C=O) groups is 1. The summed E-state index contributed by atoms with van der Waals surface area (Å²) < 4.78 is 29.8. The normalized spacial score (nSPS) is 15.8. The number of benzene rings is 1. The van der Waals surface area contributed by atoms with Crippen molar-refractivity contribution in [2.24, 2.45) is 0 Å². The molecule has 158 valence electrons. The van der Waals surface area contributed by atoms with E-state index in [9.17, 15) is 13.2 Å². The second-order valence-corrected chi connectivity index (χ2v) is 9.93. The quantitative estimate of drug-likeness (QED) is 0.581. The summed E-state index contributed by atoms with van der Waals surface area (Å²) in [6.45, 7) is 5.80. The Labute approximate surface area is 180 Å². The monoisotopic (exact) mass is 457 g/mol. The third-order valence-electron chi connectivity index (χ3n) is 4.67. The van der Waals surface area contributed by atoms with Crippen LogP contribution >= 0.6 is 23.4 Å². The van der Waals surface area contributed by atoms with Crippen molar-refractivity contribution in [3.63, 3.8) is 0 Å². The molecule has 2 aromatic rings. The zero-order valence-electron chi connectivity index (χ0n) is 16.3. The van der Waals surface area contributed by atoms with E-state index in [4.69, 9.17) is 11.6 Å². The van der Waals surface area contributed by atoms with E-state index in [1.54, 1.807) is 6.92 Å². The molecule has 8 nitrogen and oxygen atoms in total. The predicted molar refractivity (Wildman–Crippen MR) is 112 cm³/mol. The van der Waals surface area contributed by atoms with Crippen molar-refractivity contribution in [1.82, 2.24) is 24.4 Å². The van der Waals surface area contributed by atoms with Crippen molar-refractivity contribution in [1.29, 1.82) is 0 Å². The van der Waals surface area contributed by atoms with Crippen LogP contribution in [0.5, 0.6) is 0 Å². The molecule has 0 unspecified atom stereocenters. The molecule has 2 heterocycles. The van der Waals surface area contributed by atoms with Crippen LogP contribution in [0.2, 0.25) is 5.02 Å². The Morgan fingerprint density at radius 1 is 1.28 bits per heavy atom. The van der Waals surface area contributed by atoms with E-state index in [1.165, 1.54) is 36.0 Å². The van der Waals surface area contributed by atoms with Crippen LogP contribution in [-0.4, -0.2) is 52.8 Å². The lowest BCUT2D eigenvalue weighted by atomic mass is 10.3. The van der Waals surface area contributed by atoms with Gasteiger partial charge in [-0.1, -0.05) is 23.4 Å². The molecule has 0 bridgehead atoms. The van der Waals surface area contributed by atoms with E-state index in [1.807, 2.05) is 16.4 Å². The average Bonchev–Trinajstić information content (AvgIpc) is 3.28. The third kappa shape index (κ3) is 5.30. The summed E-state index contributed by atoms with van der Waals surface area (Å²) in [5, 5.41) is 9.62. The van der Waals surface area contributed by atoms with E-state index in [-0.39, 0.29) is 10.8 Å². The fourth-order valence-corrected chi connectivity index (χ4v) is 5.48. The number of hydrogen-bond donors (Lipinski definition) is 1. The number of carbonyl (C=O) groups excluding carboxylic acids is 1. The second kappa shape index (κ2) is 9.46. The van der Waals surface area contributed by atoms with Crippen molar-refractivity contribution in [3.05, 3.63) is 35.1 Å². The molecule has 1 fully saturated rings. The van der Waals surface area contributed by atoms with E-state index in [0.29, 0.717) is 35.5 Å². The van der Waals surface area contributed by atoms with Gasteiger partial charge in [0, 0.05) is 36.8 Å². The molecule has 1 aliphatic rings. The first-order chi connectivity index (χ1) is 13.8. The lowest BCUT2D eigenvalue weighted by Gasteiger charge is -2.16. The highest BCUT2D eigenvalue weighted by Crippen LogP contribution is 2.23. The van der Waals surface area contributed by atoms with E-state index in [0.717, 1.165) is 18.7 Å². The van der Waals surface area contributed by atoms with Gasteiger partial charge < -0.3 is 9.47 Å². The van der Waals surface area contributed by atoms with E-state index < -0.39 is 16.1 Å². The van der Waals surface area contributed by atoms with Gasteiger partial charge in [-0.2, -0.15) is 0 Å². The molecule has 11 heteroatoms. The lowest BCUT2D eigenvalue weighted by molar-refractivity contribution is -0.127. The summed E-state index contributed by atoms with van der Waals surface area (Å²) in [5.74, 6) is 1.47. The maximum atomic E-state index is 12.6. The van der Waals surface area contributed by atoms with Gasteiger partial charge in [0.05, 0.1) is 10.9 Å². The lowest BCUT2D eigenvalue weighted by Crippen LogP contribution is -2.29. The fourth-order valence-electron chi connectivity index (χ4n) is 3.18. The standard InChI is InChI=1S/C18H24ClN5O3S2/c1-3-24-17(13(2)22-29(26,27)15-8-6-14(19)7-9-15)20-21-18(24)28-12-11-23-10-4-5-16(23)25/h6-9,13,22H,3-5,10-12H2,1-2H3/t13-/m1/s1. The average molecular weight is 458 g/mol. The Balaban J connectivity index is 1.66. The molecule has 1 amide bonds. The van der Waals surface area contributed by atoms with Crippen LogP contribution in [-0.2, 0) is 21.4 Å². The molecule has 0 spiro atoms. The van der Waals surface area contributed by atoms with Crippen molar-refractivity contribution in [2.75, 3.05) is 18.8 Å². The highest BCUT2D eigenvalue weighted by Gasteiger charge is 2.24. The summed E-state index contributed by atoms with van der Waals surface area (Å²) in [7, 11) is -3.72. The smallest absolute Gasteiger partial charge is 0.241 e. The minimum Gasteiger partial charge on any atom is -0.342 e. The zero-order chi connectivity index (χ0) is 21.0. The fraction of sp³-hybridized carbons (Fsp3) is 0.500. The second-order valence-electron chi connectivity index (χ2n) is 6.71. The van der Waals surface area contributed by atoms with Crippen LogP contribution < -0.4 is 4.72 Å².